The molecule has 0 aromatic carbocycles. The third-order valence-electron chi connectivity index (χ3n) is 5.04. The van der Waals surface area contributed by atoms with Gasteiger partial charge in [-0.3, -0.25) is 0 Å². The van der Waals surface area contributed by atoms with Gasteiger partial charge in [-0.05, 0) is 0 Å². The Labute approximate surface area is 106 Å². The van der Waals surface area contributed by atoms with Crippen LogP contribution in [0.3, 0.4) is 0 Å². The number of hydrogen-bond acceptors (Lipinski definition) is 1. The second-order valence-corrected chi connectivity index (χ2v) is 13.3. The fraction of sp³-hybridized carbons (Fsp3) is 0.857. The summed E-state index contributed by atoms with van der Waals surface area (Å²) in [7, 11) is 0. The summed E-state index contributed by atoms with van der Waals surface area (Å²) in [5.41, 5.74) is 0. The molecule has 3 rings (SSSR count). The zero-order chi connectivity index (χ0) is 11.5. The molecular weight excluding hydrogens is 311 g/mol. The first-order chi connectivity index (χ1) is 7.48. The minimum atomic E-state index is -1.13. The average molecular weight is 334 g/mol. The Kier molecular flexibility index (Phi) is 2.67. The molecular formula is C14H23IO. The van der Waals surface area contributed by atoms with Gasteiger partial charge in [0.25, 0.3) is 0 Å². The normalized spacial score (nSPS) is 48.5. The molecule has 0 spiro atoms. The number of allylic oxidation sites excluding steroid dienone is 2. The predicted octanol–water partition coefficient (Wildman–Crippen LogP) is 3.31. The van der Waals surface area contributed by atoms with E-state index in [0.717, 1.165) is 29.6 Å². The molecule has 16 heavy (non-hydrogen) atoms. The third kappa shape index (κ3) is 1.59. The van der Waals surface area contributed by atoms with E-state index in [1.54, 1.807) is 0 Å². The van der Waals surface area contributed by atoms with Gasteiger partial charge in [-0.25, -0.2) is 0 Å². The fourth-order valence-corrected chi connectivity index (χ4v) is 11.9. The predicted molar refractivity (Wildman–Crippen MR) is 76.9 cm³/mol. The summed E-state index contributed by atoms with van der Waals surface area (Å²) >= 11 is -1.13. The number of alkyl halides is 3. The second kappa shape index (κ2) is 3.71. The van der Waals surface area contributed by atoms with Crippen molar-refractivity contribution in [2.45, 2.75) is 30.8 Å². The van der Waals surface area contributed by atoms with Crippen molar-refractivity contribution in [2.24, 2.45) is 29.6 Å². The average Bonchev–Trinajstić information content (AvgIpc) is 2.68. The van der Waals surface area contributed by atoms with Crippen LogP contribution in [0.2, 0.25) is 0 Å². The first-order valence-corrected chi connectivity index (χ1v) is 10.6. The van der Waals surface area contributed by atoms with Gasteiger partial charge in [0.1, 0.15) is 0 Å². The van der Waals surface area contributed by atoms with Crippen LogP contribution in [-0.4, -0.2) is 17.6 Å². The molecule has 1 nitrogen and oxygen atoms in total. The van der Waals surface area contributed by atoms with E-state index in [4.69, 9.17) is 0 Å². The van der Waals surface area contributed by atoms with Crippen molar-refractivity contribution in [3.05, 3.63) is 12.2 Å². The molecule has 2 bridgehead atoms. The molecule has 0 aromatic heterocycles. The number of hydrogen-bond donors (Lipinski definition) is 1. The Morgan fingerprint density at radius 3 is 2.56 bits per heavy atom. The van der Waals surface area contributed by atoms with Gasteiger partial charge in [0.2, 0.25) is 0 Å². The van der Waals surface area contributed by atoms with E-state index in [9.17, 15) is 5.11 Å². The van der Waals surface area contributed by atoms with Crippen LogP contribution in [-0.2, 0) is 0 Å². The van der Waals surface area contributed by atoms with Gasteiger partial charge in [0.15, 0.2) is 0 Å². The zero-order valence-corrected chi connectivity index (χ0v) is 12.6. The molecule has 0 radical (unpaired) electrons. The van der Waals surface area contributed by atoms with Crippen molar-refractivity contribution in [2.75, 3.05) is 8.86 Å². The van der Waals surface area contributed by atoms with E-state index >= 15 is 0 Å². The SMILES string of the molecule is C[C@@H]1C2CI(C(C)(C)O)CC1C1CC=CC12. The van der Waals surface area contributed by atoms with Crippen molar-refractivity contribution < 1.29 is 5.11 Å². The topological polar surface area (TPSA) is 20.2 Å². The molecule has 2 heteroatoms. The Hall–Kier alpha value is 0.430. The van der Waals surface area contributed by atoms with Crippen molar-refractivity contribution in [1.29, 1.82) is 0 Å². The van der Waals surface area contributed by atoms with Crippen molar-refractivity contribution in [1.82, 2.24) is 0 Å². The molecule has 92 valence electrons. The number of halogens is 1. The minimum absolute atomic E-state index is 0.317. The first kappa shape index (κ1) is 11.5. The number of aliphatic hydroxyl groups is 1. The second-order valence-electron chi connectivity index (χ2n) is 6.27. The van der Waals surface area contributed by atoms with Crippen LogP contribution in [0.15, 0.2) is 12.2 Å². The summed E-state index contributed by atoms with van der Waals surface area (Å²) in [6.07, 6.45) is 6.23. The molecule has 1 aliphatic heterocycles. The van der Waals surface area contributed by atoms with E-state index in [-0.39, 0.29) is 3.61 Å². The maximum absolute atomic E-state index is 10.3. The van der Waals surface area contributed by atoms with E-state index < -0.39 is 19.8 Å². The van der Waals surface area contributed by atoms with Gasteiger partial charge < -0.3 is 0 Å². The summed E-state index contributed by atoms with van der Waals surface area (Å²) in [6.45, 7) is 6.61. The Bertz CT molecular complexity index is 317. The van der Waals surface area contributed by atoms with Crippen LogP contribution < -0.4 is 0 Å². The number of rotatable bonds is 1. The molecule has 0 amide bonds. The van der Waals surface area contributed by atoms with E-state index in [2.05, 4.69) is 32.9 Å². The molecule has 1 saturated carbocycles. The van der Waals surface area contributed by atoms with Crippen LogP contribution in [0.5, 0.6) is 0 Å². The molecule has 3 aliphatic rings. The van der Waals surface area contributed by atoms with Crippen LogP contribution in [0, 0.1) is 29.6 Å². The Balaban J connectivity index is 1.86. The molecule has 1 N–H and O–H groups in total. The van der Waals surface area contributed by atoms with E-state index in [0.29, 0.717) is 0 Å². The molecule has 4 unspecified atom stereocenters. The standard InChI is InChI=1S/C14H23IO/c1-9-12-7-15(14(2,3)16)8-13(9)11-6-4-5-10(11)12/h4-5,9-13,16H,6-8H2,1-3H3/t9-,10?,11?,12?,13?/m1/s1. The van der Waals surface area contributed by atoms with Gasteiger partial charge in [0.05, 0.1) is 0 Å². The fourth-order valence-electron chi connectivity index (χ4n) is 4.04. The molecule has 5 atom stereocenters. The monoisotopic (exact) mass is 334 g/mol. The molecule has 0 aromatic rings. The van der Waals surface area contributed by atoms with Gasteiger partial charge in [-0.15, -0.1) is 0 Å². The molecule has 1 saturated heterocycles. The first-order valence-electron chi connectivity index (χ1n) is 6.49. The Morgan fingerprint density at radius 1 is 1.19 bits per heavy atom. The molecule has 2 aliphatic carbocycles. The van der Waals surface area contributed by atoms with Crippen molar-refractivity contribution >= 4 is 19.8 Å². The van der Waals surface area contributed by atoms with Gasteiger partial charge >= 0.3 is 106 Å². The summed E-state index contributed by atoms with van der Waals surface area (Å²) in [5.74, 6) is 4.61. The van der Waals surface area contributed by atoms with Gasteiger partial charge in [-0.2, -0.15) is 0 Å². The summed E-state index contributed by atoms with van der Waals surface area (Å²) < 4.78 is 2.49. The van der Waals surface area contributed by atoms with E-state index in [1.165, 1.54) is 15.3 Å². The molecule has 1 heterocycles. The van der Waals surface area contributed by atoms with Crippen LogP contribution in [0.4, 0.5) is 0 Å². The maximum atomic E-state index is 10.3. The van der Waals surface area contributed by atoms with E-state index in [1.807, 2.05) is 0 Å². The molecule has 2 fully saturated rings. The third-order valence-corrected chi connectivity index (χ3v) is 12.9. The van der Waals surface area contributed by atoms with Crippen LogP contribution in [0.25, 0.3) is 0 Å². The zero-order valence-electron chi connectivity index (χ0n) is 10.5. The van der Waals surface area contributed by atoms with Crippen molar-refractivity contribution in [3.63, 3.8) is 0 Å². The van der Waals surface area contributed by atoms with Crippen LogP contribution in [0.1, 0.15) is 27.2 Å². The number of fused-ring (bicyclic) bond motifs is 5. The van der Waals surface area contributed by atoms with Crippen molar-refractivity contribution in [3.8, 4) is 0 Å². The van der Waals surface area contributed by atoms with Crippen LogP contribution >= 0.6 is 19.8 Å². The summed E-state index contributed by atoms with van der Waals surface area (Å²) in [6, 6.07) is 0. The summed E-state index contributed by atoms with van der Waals surface area (Å²) in [4.78, 5) is 0. The van der Waals surface area contributed by atoms with Gasteiger partial charge in [-0.1, -0.05) is 0 Å². The summed E-state index contributed by atoms with van der Waals surface area (Å²) in [5, 5.41) is 10.3. The quantitative estimate of drug-likeness (QED) is 0.443. The Morgan fingerprint density at radius 2 is 1.88 bits per heavy atom. The van der Waals surface area contributed by atoms with Gasteiger partial charge in [0, 0.05) is 0 Å².